The number of benzene rings is 1. The van der Waals surface area contributed by atoms with E-state index in [-0.39, 0.29) is 5.91 Å². The normalized spacial score (nSPS) is 10.5. The molecule has 1 N–H and O–H groups in total. The van der Waals surface area contributed by atoms with E-state index in [0.29, 0.717) is 18.7 Å². The predicted molar refractivity (Wildman–Crippen MR) is 81.1 cm³/mol. The molecule has 1 aromatic carbocycles. The predicted octanol–water partition coefficient (Wildman–Crippen LogP) is 2.32. The van der Waals surface area contributed by atoms with Crippen LogP contribution in [0.5, 0.6) is 0 Å². The molecule has 0 spiro atoms. The second kappa shape index (κ2) is 6.32. The highest BCUT2D eigenvalue weighted by molar-refractivity contribution is 7.09. The van der Waals surface area contributed by atoms with Gasteiger partial charge in [0.15, 0.2) is 0 Å². The lowest BCUT2D eigenvalue weighted by Crippen LogP contribution is -2.22. The molecule has 0 fully saturated rings. The molecule has 3 rings (SSSR count). The fraction of sp³-hybridized carbons (Fsp3) is 0.133. The molecule has 0 aliphatic rings. The Kier molecular flexibility index (Phi) is 4.07. The maximum atomic E-state index is 12.0. The van der Waals surface area contributed by atoms with Gasteiger partial charge >= 0.3 is 0 Å². The fourth-order valence-electron chi connectivity index (χ4n) is 1.95. The Balaban J connectivity index is 1.59. The van der Waals surface area contributed by atoms with Crippen LogP contribution in [0.3, 0.4) is 0 Å². The molecule has 106 valence electrons. The largest absolute Gasteiger partial charge is 0.347 e. The Hall–Kier alpha value is -2.47. The molecule has 0 bridgehead atoms. The summed E-state index contributed by atoms with van der Waals surface area (Å²) in [6.45, 7) is 1.22. The van der Waals surface area contributed by atoms with Gasteiger partial charge in [-0.2, -0.15) is 5.10 Å². The molecule has 0 unspecified atom stereocenters. The number of hydrogen-bond donors (Lipinski definition) is 1. The third kappa shape index (κ3) is 3.55. The molecule has 0 atom stereocenters. The summed E-state index contributed by atoms with van der Waals surface area (Å²) in [5.74, 6) is -0.0595. The molecule has 21 heavy (non-hydrogen) atoms. The Bertz CT molecular complexity index is 690. The van der Waals surface area contributed by atoms with E-state index < -0.39 is 0 Å². The molecule has 3 aromatic rings. The lowest BCUT2D eigenvalue weighted by molar-refractivity contribution is 0.0951. The van der Waals surface area contributed by atoms with E-state index in [1.807, 2.05) is 41.8 Å². The zero-order valence-electron chi connectivity index (χ0n) is 11.3. The second-order valence-corrected chi connectivity index (χ2v) is 5.58. The lowest BCUT2D eigenvalue weighted by Gasteiger charge is -2.05. The topological polar surface area (TPSA) is 59.8 Å². The summed E-state index contributed by atoms with van der Waals surface area (Å²) in [6, 6.07) is 11.5. The van der Waals surface area contributed by atoms with Crippen molar-refractivity contribution in [3.8, 4) is 0 Å². The van der Waals surface area contributed by atoms with Crippen LogP contribution in [0.4, 0.5) is 0 Å². The number of aromatic nitrogens is 3. The van der Waals surface area contributed by atoms with Gasteiger partial charge in [0.25, 0.3) is 5.91 Å². The van der Waals surface area contributed by atoms with Gasteiger partial charge in [-0.3, -0.25) is 4.79 Å². The average Bonchev–Trinajstić information content (AvgIpc) is 3.19. The molecule has 0 saturated heterocycles. The van der Waals surface area contributed by atoms with Gasteiger partial charge in [-0.05, 0) is 29.1 Å². The van der Waals surface area contributed by atoms with Crippen molar-refractivity contribution in [3.63, 3.8) is 0 Å². The van der Waals surface area contributed by atoms with Crippen LogP contribution in [-0.2, 0) is 13.1 Å². The third-order valence-electron chi connectivity index (χ3n) is 3.03. The van der Waals surface area contributed by atoms with E-state index >= 15 is 0 Å². The minimum absolute atomic E-state index is 0.0595. The first kappa shape index (κ1) is 13.5. The number of nitrogens with zero attached hydrogens (tertiary/aromatic N) is 3. The number of hydrogen-bond acceptors (Lipinski definition) is 4. The maximum absolute atomic E-state index is 12.0. The van der Waals surface area contributed by atoms with Crippen LogP contribution in [0.15, 0.2) is 54.4 Å². The molecular weight excluding hydrogens is 284 g/mol. The number of carbonyl (C=O) groups excluding carboxylic acids is 1. The molecule has 2 heterocycles. The number of nitrogens with one attached hydrogen (secondary N) is 1. The summed E-state index contributed by atoms with van der Waals surface area (Å²) in [5, 5.41) is 8.97. The average molecular weight is 298 g/mol. The zero-order chi connectivity index (χ0) is 14.5. The van der Waals surface area contributed by atoms with Crippen molar-refractivity contribution in [1.82, 2.24) is 20.1 Å². The summed E-state index contributed by atoms with van der Waals surface area (Å²) < 4.78 is 1.74. The summed E-state index contributed by atoms with van der Waals surface area (Å²) in [6.07, 6.45) is 3.17. The molecule has 0 aliphatic carbocycles. The number of rotatable bonds is 5. The van der Waals surface area contributed by atoms with Gasteiger partial charge in [0, 0.05) is 10.4 Å². The van der Waals surface area contributed by atoms with Gasteiger partial charge in [0.2, 0.25) is 0 Å². The first-order valence-corrected chi connectivity index (χ1v) is 7.41. The van der Waals surface area contributed by atoms with E-state index in [1.165, 1.54) is 6.33 Å². The summed E-state index contributed by atoms with van der Waals surface area (Å²) >= 11 is 1.63. The molecule has 0 saturated carbocycles. The molecule has 6 heteroatoms. The molecular formula is C15H14N4OS. The second-order valence-electron chi connectivity index (χ2n) is 4.55. The lowest BCUT2D eigenvalue weighted by atomic mass is 10.1. The van der Waals surface area contributed by atoms with Crippen molar-refractivity contribution in [3.05, 3.63) is 70.4 Å². The van der Waals surface area contributed by atoms with Crippen molar-refractivity contribution in [2.75, 3.05) is 0 Å². The standard InChI is InChI=1S/C15H14N4OS/c20-15(17-8-14-2-1-7-21-14)13-5-3-12(4-6-13)9-19-11-16-10-18-19/h1-7,10-11H,8-9H2,(H,17,20). The van der Waals surface area contributed by atoms with E-state index in [9.17, 15) is 4.79 Å². The van der Waals surface area contributed by atoms with Crippen molar-refractivity contribution in [2.45, 2.75) is 13.1 Å². The first-order chi connectivity index (χ1) is 10.3. The van der Waals surface area contributed by atoms with E-state index in [4.69, 9.17) is 0 Å². The fourth-order valence-corrected chi connectivity index (χ4v) is 2.59. The number of thiophene rings is 1. The zero-order valence-corrected chi connectivity index (χ0v) is 12.1. The van der Waals surface area contributed by atoms with Crippen LogP contribution in [0.25, 0.3) is 0 Å². The minimum Gasteiger partial charge on any atom is -0.347 e. The van der Waals surface area contributed by atoms with Gasteiger partial charge in [0.1, 0.15) is 12.7 Å². The Morgan fingerprint density at radius 3 is 2.76 bits per heavy atom. The summed E-state index contributed by atoms with van der Waals surface area (Å²) in [4.78, 5) is 17.1. The molecule has 2 aromatic heterocycles. The van der Waals surface area contributed by atoms with Crippen molar-refractivity contribution >= 4 is 17.2 Å². The molecule has 0 radical (unpaired) electrons. The van der Waals surface area contributed by atoms with Gasteiger partial charge in [-0.15, -0.1) is 11.3 Å². The Morgan fingerprint density at radius 1 is 1.24 bits per heavy atom. The van der Waals surface area contributed by atoms with Crippen LogP contribution in [-0.4, -0.2) is 20.7 Å². The van der Waals surface area contributed by atoms with E-state index in [2.05, 4.69) is 15.4 Å². The van der Waals surface area contributed by atoms with Gasteiger partial charge < -0.3 is 5.32 Å². The molecule has 1 amide bonds. The van der Waals surface area contributed by atoms with Crippen LogP contribution < -0.4 is 5.32 Å². The molecule has 0 aliphatic heterocycles. The van der Waals surface area contributed by atoms with Crippen molar-refractivity contribution in [2.24, 2.45) is 0 Å². The summed E-state index contributed by atoms with van der Waals surface area (Å²) in [7, 11) is 0. The van der Waals surface area contributed by atoms with E-state index in [1.54, 1.807) is 22.3 Å². The highest BCUT2D eigenvalue weighted by Crippen LogP contribution is 2.09. The number of amides is 1. The van der Waals surface area contributed by atoms with Gasteiger partial charge in [-0.1, -0.05) is 18.2 Å². The first-order valence-electron chi connectivity index (χ1n) is 6.53. The van der Waals surface area contributed by atoms with Gasteiger partial charge in [0.05, 0.1) is 13.1 Å². The minimum atomic E-state index is -0.0595. The van der Waals surface area contributed by atoms with Crippen LogP contribution in [0, 0.1) is 0 Å². The van der Waals surface area contributed by atoms with Crippen molar-refractivity contribution < 1.29 is 4.79 Å². The SMILES string of the molecule is O=C(NCc1cccs1)c1ccc(Cn2cncn2)cc1. The maximum Gasteiger partial charge on any atom is 0.251 e. The Labute approximate surface area is 126 Å². The number of carbonyl (C=O) groups is 1. The monoisotopic (exact) mass is 298 g/mol. The highest BCUT2D eigenvalue weighted by atomic mass is 32.1. The van der Waals surface area contributed by atoms with Crippen LogP contribution in [0.1, 0.15) is 20.8 Å². The van der Waals surface area contributed by atoms with Gasteiger partial charge in [-0.25, -0.2) is 9.67 Å². The van der Waals surface area contributed by atoms with Crippen molar-refractivity contribution in [1.29, 1.82) is 0 Å². The third-order valence-corrected chi connectivity index (χ3v) is 3.91. The Morgan fingerprint density at radius 2 is 2.10 bits per heavy atom. The quantitative estimate of drug-likeness (QED) is 0.786. The van der Waals surface area contributed by atoms with E-state index in [0.717, 1.165) is 10.4 Å². The van der Waals surface area contributed by atoms with Crippen LogP contribution in [0.2, 0.25) is 0 Å². The highest BCUT2D eigenvalue weighted by Gasteiger charge is 2.05. The smallest absolute Gasteiger partial charge is 0.251 e. The molecule has 5 nitrogen and oxygen atoms in total. The summed E-state index contributed by atoms with van der Waals surface area (Å²) in [5.41, 5.74) is 1.74. The van der Waals surface area contributed by atoms with Crippen LogP contribution >= 0.6 is 11.3 Å².